The molecule has 1 saturated carbocycles. The summed E-state index contributed by atoms with van der Waals surface area (Å²) < 4.78 is 0. The molecule has 0 aromatic rings. The lowest BCUT2D eigenvalue weighted by Gasteiger charge is -2.25. The molecule has 4 heteroatoms. The van der Waals surface area contributed by atoms with Gasteiger partial charge in [-0.15, -0.1) is 0 Å². The van der Waals surface area contributed by atoms with Gasteiger partial charge in [0, 0.05) is 19.6 Å². The monoisotopic (exact) mass is 224 g/mol. The van der Waals surface area contributed by atoms with Crippen LogP contribution in [0.15, 0.2) is 4.99 Å². The molecule has 2 rings (SSSR count). The number of aliphatic imine (C=N–C) groups is 1. The summed E-state index contributed by atoms with van der Waals surface area (Å²) >= 11 is 0. The average molecular weight is 224 g/mol. The third-order valence-electron chi connectivity index (χ3n) is 3.81. The van der Waals surface area contributed by atoms with Crippen molar-refractivity contribution in [2.75, 3.05) is 33.2 Å². The van der Waals surface area contributed by atoms with E-state index < -0.39 is 0 Å². The molecule has 1 heterocycles. The molecular weight excluding hydrogens is 200 g/mol. The molecule has 4 nitrogen and oxygen atoms in total. The minimum absolute atomic E-state index is 0.640. The minimum atomic E-state index is 0.640. The van der Waals surface area contributed by atoms with Gasteiger partial charge in [-0.1, -0.05) is 6.42 Å². The topological polar surface area (TPSA) is 53.6 Å². The molecule has 0 aromatic carbocycles. The predicted molar refractivity (Wildman–Crippen MR) is 67.4 cm³/mol. The number of rotatable bonds is 4. The van der Waals surface area contributed by atoms with E-state index >= 15 is 0 Å². The Bertz CT molecular complexity index is 247. The molecule has 0 bridgehead atoms. The maximum atomic E-state index is 5.84. The van der Waals surface area contributed by atoms with Crippen molar-refractivity contribution < 1.29 is 0 Å². The van der Waals surface area contributed by atoms with Crippen LogP contribution in [0.5, 0.6) is 0 Å². The van der Waals surface area contributed by atoms with Gasteiger partial charge < -0.3 is 16.0 Å². The molecule has 1 aliphatic carbocycles. The second-order valence-corrected chi connectivity index (χ2v) is 5.32. The van der Waals surface area contributed by atoms with Crippen LogP contribution in [-0.2, 0) is 0 Å². The van der Waals surface area contributed by atoms with E-state index in [9.17, 15) is 0 Å². The largest absolute Gasteiger partial charge is 0.370 e. The van der Waals surface area contributed by atoms with Gasteiger partial charge in [0.25, 0.3) is 0 Å². The number of nitrogens with two attached hydrogens (primary N) is 1. The Hall–Kier alpha value is -0.770. The summed E-state index contributed by atoms with van der Waals surface area (Å²) in [5.74, 6) is 2.18. The fourth-order valence-electron chi connectivity index (χ4n) is 2.40. The Morgan fingerprint density at radius 3 is 2.75 bits per heavy atom. The lowest BCUT2D eigenvalue weighted by Crippen LogP contribution is -2.37. The molecule has 92 valence electrons. The third kappa shape index (κ3) is 3.37. The Morgan fingerprint density at radius 2 is 2.19 bits per heavy atom. The number of hydrogen-bond donors (Lipinski definition) is 2. The van der Waals surface area contributed by atoms with E-state index in [-0.39, 0.29) is 0 Å². The van der Waals surface area contributed by atoms with E-state index in [2.05, 4.69) is 22.3 Å². The van der Waals surface area contributed by atoms with Crippen LogP contribution in [0.2, 0.25) is 0 Å². The van der Waals surface area contributed by atoms with E-state index in [0.29, 0.717) is 11.9 Å². The third-order valence-corrected chi connectivity index (χ3v) is 3.81. The van der Waals surface area contributed by atoms with Crippen molar-refractivity contribution in [3.05, 3.63) is 0 Å². The van der Waals surface area contributed by atoms with Gasteiger partial charge in [0.15, 0.2) is 5.96 Å². The first-order chi connectivity index (χ1) is 7.74. The summed E-state index contributed by atoms with van der Waals surface area (Å²) in [6, 6.07) is 0. The first-order valence-electron chi connectivity index (χ1n) is 6.46. The van der Waals surface area contributed by atoms with Gasteiger partial charge in [-0.2, -0.15) is 0 Å². The maximum Gasteiger partial charge on any atom is 0.188 e. The van der Waals surface area contributed by atoms with Crippen molar-refractivity contribution in [3.63, 3.8) is 0 Å². The summed E-state index contributed by atoms with van der Waals surface area (Å²) in [6.07, 6.45) is 5.36. The van der Waals surface area contributed by atoms with Crippen molar-refractivity contribution in [2.45, 2.75) is 25.7 Å². The Morgan fingerprint density at radius 1 is 1.38 bits per heavy atom. The molecule has 2 aliphatic rings. The molecule has 0 spiro atoms. The zero-order valence-corrected chi connectivity index (χ0v) is 10.3. The summed E-state index contributed by atoms with van der Waals surface area (Å²) in [7, 11) is 2.17. The molecule has 1 saturated heterocycles. The molecule has 1 unspecified atom stereocenters. The highest BCUT2D eigenvalue weighted by molar-refractivity contribution is 5.77. The standard InChI is InChI=1S/C12H24N4/c1-16-6-5-11(9-16)8-15-12(13)14-7-10-3-2-4-10/h10-11H,2-9H2,1H3,(H3,13,14,15). The second kappa shape index (κ2) is 5.53. The van der Waals surface area contributed by atoms with E-state index in [0.717, 1.165) is 19.0 Å². The van der Waals surface area contributed by atoms with E-state index in [1.54, 1.807) is 0 Å². The molecule has 0 amide bonds. The van der Waals surface area contributed by atoms with E-state index in [1.807, 2.05) is 0 Å². The molecule has 1 aliphatic heterocycles. The zero-order valence-electron chi connectivity index (χ0n) is 10.3. The van der Waals surface area contributed by atoms with Gasteiger partial charge >= 0.3 is 0 Å². The first kappa shape index (κ1) is 11.7. The molecular formula is C12H24N4. The van der Waals surface area contributed by atoms with Crippen molar-refractivity contribution in [2.24, 2.45) is 22.6 Å². The van der Waals surface area contributed by atoms with Gasteiger partial charge in [-0.3, -0.25) is 4.99 Å². The first-order valence-corrected chi connectivity index (χ1v) is 6.46. The zero-order chi connectivity index (χ0) is 11.4. The smallest absolute Gasteiger partial charge is 0.188 e. The maximum absolute atomic E-state index is 5.84. The quantitative estimate of drug-likeness (QED) is 0.544. The fourth-order valence-corrected chi connectivity index (χ4v) is 2.40. The lowest BCUT2D eigenvalue weighted by atomic mass is 9.85. The number of likely N-dealkylation sites (tertiary alicyclic amines) is 1. The van der Waals surface area contributed by atoms with Crippen LogP contribution in [0.3, 0.4) is 0 Å². The van der Waals surface area contributed by atoms with Gasteiger partial charge in [0.1, 0.15) is 0 Å². The van der Waals surface area contributed by atoms with E-state index in [4.69, 9.17) is 5.73 Å². The Balaban J connectivity index is 1.61. The highest BCUT2D eigenvalue weighted by Crippen LogP contribution is 2.24. The van der Waals surface area contributed by atoms with E-state index in [1.165, 1.54) is 38.8 Å². The van der Waals surface area contributed by atoms with Crippen molar-refractivity contribution in [1.82, 2.24) is 10.2 Å². The Kier molecular flexibility index (Phi) is 4.04. The van der Waals surface area contributed by atoms with Crippen LogP contribution >= 0.6 is 0 Å². The molecule has 0 radical (unpaired) electrons. The highest BCUT2D eigenvalue weighted by atomic mass is 15.1. The number of guanidine groups is 1. The molecule has 3 N–H and O–H groups in total. The van der Waals surface area contributed by atoms with Crippen LogP contribution in [0.25, 0.3) is 0 Å². The number of hydrogen-bond acceptors (Lipinski definition) is 2. The Labute approximate surface area is 98.3 Å². The lowest BCUT2D eigenvalue weighted by molar-refractivity contribution is 0.315. The van der Waals surface area contributed by atoms with Gasteiger partial charge in [-0.05, 0) is 44.7 Å². The highest BCUT2D eigenvalue weighted by Gasteiger charge is 2.19. The average Bonchev–Trinajstić information content (AvgIpc) is 2.59. The van der Waals surface area contributed by atoms with Gasteiger partial charge in [0.2, 0.25) is 0 Å². The predicted octanol–water partition coefficient (Wildman–Crippen LogP) is 0.642. The fraction of sp³-hybridized carbons (Fsp3) is 0.917. The van der Waals surface area contributed by atoms with Crippen molar-refractivity contribution in [3.8, 4) is 0 Å². The van der Waals surface area contributed by atoms with Crippen LogP contribution < -0.4 is 11.1 Å². The van der Waals surface area contributed by atoms with Crippen LogP contribution in [0.4, 0.5) is 0 Å². The SMILES string of the molecule is CN1CCC(CN=C(N)NCC2CCC2)C1. The second-order valence-electron chi connectivity index (χ2n) is 5.32. The van der Waals surface area contributed by atoms with Gasteiger partial charge in [-0.25, -0.2) is 0 Å². The number of nitrogens with one attached hydrogen (secondary N) is 1. The number of nitrogens with zero attached hydrogens (tertiary/aromatic N) is 2. The van der Waals surface area contributed by atoms with Crippen molar-refractivity contribution >= 4 is 5.96 Å². The van der Waals surface area contributed by atoms with Crippen LogP contribution in [-0.4, -0.2) is 44.1 Å². The summed E-state index contributed by atoms with van der Waals surface area (Å²) in [5, 5.41) is 3.23. The summed E-state index contributed by atoms with van der Waals surface area (Å²) in [4.78, 5) is 6.79. The molecule has 0 aromatic heterocycles. The molecule has 16 heavy (non-hydrogen) atoms. The van der Waals surface area contributed by atoms with Crippen molar-refractivity contribution in [1.29, 1.82) is 0 Å². The van der Waals surface area contributed by atoms with Gasteiger partial charge in [0.05, 0.1) is 0 Å². The van der Waals surface area contributed by atoms with Crippen LogP contribution in [0.1, 0.15) is 25.7 Å². The summed E-state index contributed by atoms with van der Waals surface area (Å²) in [5.41, 5.74) is 5.84. The molecule has 2 fully saturated rings. The minimum Gasteiger partial charge on any atom is -0.370 e. The van der Waals surface area contributed by atoms with Crippen LogP contribution in [0, 0.1) is 11.8 Å². The normalized spacial score (nSPS) is 28.1. The summed E-state index contributed by atoms with van der Waals surface area (Å²) in [6.45, 7) is 4.27. The molecule has 1 atom stereocenters.